The molecule has 0 saturated heterocycles. The Kier molecular flexibility index (Phi) is 6.66. The Balaban J connectivity index is 1.58. The van der Waals surface area contributed by atoms with Gasteiger partial charge in [0.1, 0.15) is 5.75 Å². The number of methoxy groups -OCH3 is 1. The van der Waals surface area contributed by atoms with Crippen molar-refractivity contribution in [3.8, 4) is 17.1 Å². The van der Waals surface area contributed by atoms with Crippen LogP contribution in [0, 0.1) is 0 Å². The minimum Gasteiger partial charge on any atom is -0.497 e. The lowest BCUT2D eigenvalue weighted by Crippen LogP contribution is -2.30. The van der Waals surface area contributed by atoms with Crippen molar-refractivity contribution >= 4 is 17.5 Å². The Morgan fingerprint density at radius 2 is 2.00 bits per heavy atom. The van der Waals surface area contributed by atoms with Gasteiger partial charge in [0.05, 0.1) is 7.11 Å². The quantitative estimate of drug-likeness (QED) is 0.562. The van der Waals surface area contributed by atoms with Gasteiger partial charge < -0.3 is 14.2 Å². The normalized spacial score (nSPS) is 10.7. The highest BCUT2D eigenvalue weighted by molar-refractivity contribution is 6.30. The first-order chi connectivity index (χ1) is 13.6. The van der Waals surface area contributed by atoms with E-state index in [0.717, 1.165) is 16.9 Å². The number of aryl methyl sites for hydroxylation is 1. The van der Waals surface area contributed by atoms with Crippen molar-refractivity contribution in [3.63, 3.8) is 0 Å². The molecule has 0 N–H and O–H groups in total. The maximum atomic E-state index is 12.6. The molecule has 146 valence electrons. The molecule has 1 amide bonds. The third-order valence-electron chi connectivity index (χ3n) is 4.37. The van der Waals surface area contributed by atoms with Gasteiger partial charge in [-0.3, -0.25) is 4.79 Å². The largest absolute Gasteiger partial charge is 0.497 e. The summed E-state index contributed by atoms with van der Waals surface area (Å²) in [4.78, 5) is 18.7. The lowest BCUT2D eigenvalue weighted by molar-refractivity contribution is -0.131. The Labute approximate surface area is 169 Å². The molecule has 0 aliphatic heterocycles. The van der Waals surface area contributed by atoms with E-state index in [-0.39, 0.29) is 5.91 Å². The first kappa shape index (κ1) is 19.9. The van der Waals surface area contributed by atoms with Gasteiger partial charge in [-0.15, -0.1) is 0 Å². The summed E-state index contributed by atoms with van der Waals surface area (Å²) in [6, 6.07) is 14.9. The zero-order valence-electron chi connectivity index (χ0n) is 15.9. The predicted octanol–water partition coefficient (Wildman–Crippen LogP) is 4.38. The molecule has 1 aromatic heterocycles. The molecular formula is C21H22ClN3O3. The van der Waals surface area contributed by atoms with Gasteiger partial charge >= 0.3 is 0 Å². The number of rotatable bonds is 8. The zero-order valence-corrected chi connectivity index (χ0v) is 16.6. The van der Waals surface area contributed by atoms with Crippen LogP contribution in [0.3, 0.4) is 0 Å². The molecular weight excluding hydrogens is 378 g/mol. The molecule has 0 saturated carbocycles. The third-order valence-corrected chi connectivity index (χ3v) is 4.60. The fourth-order valence-corrected chi connectivity index (χ4v) is 3.03. The van der Waals surface area contributed by atoms with Crippen LogP contribution in [0.5, 0.6) is 5.75 Å². The summed E-state index contributed by atoms with van der Waals surface area (Å²) in [6.45, 7) is 3.10. The van der Waals surface area contributed by atoms with Gasteiger partial charge in [-0.05, 0) is 48.9 Å². The number of carbonyl (C=O) groups is 1. The van der Waals surface area contributed by atoms with E-state index in [9.17, 15) is 4.79 Å². The summed E-state index contributed by atoms with van der Waals surface area (Å²) in [5, 5.41) is 4.66. The lowest BCUT2D eigenvalue weighted by atomic mass is 10.2. The molecule has 3 aromatic rings. The molecule has 28 heavy (non-hydrogen) atoms. The molecule has 0 radical (unpaired) electrons. The Hall–Kier alpha value is -2.86. The van der Waals surface area contributed by atoms with Gasteiger partial charge in [-0.25, -0.2) is 0 Å². The number of aromatic nitrogens is 2. The summed E-state index contributed by atoms with van der Waals surface area (Å²) < 4.78 is 10.4. The summed E-state index contributed by atoms with van der Waals surface area (Å²) in [7, 11) is 1.62. The van der Waals surface area contributed by atoms with Crippen LogP contribution in [0.2, 0.25) is 5.02 Å². The van der Waals surface area contributed by atoms with Gasteiger partial charge in [0, 0.05) is 36.5 Å². The topological polar surface area (TPSA) is 68.5 Å². The molecule has 1 heterocycles. The van der Waals surface area contributed by atoms with Crippen molar-refractivity contribution in [1.82, 2.24) is 15.0 Å². The van der Waals surface area contributed by atoms with E-state index in [1.165, 1.54) is 0 Å². The summed E-state index contributed by atoms with van der Waals surface area (Å²) in [6.07, 6.45) is 0.701. The number of benzene rings is 2. The Morgan fingerprint density at radius 1 is 1.21 bits per heavy atom. The molecule has 3 rings (SSSR count). The van der Waals surface area contributed by atoms with Gasteiger partial charge in [-0.2, -0.15) is 4.98 Å². The molecule has 0 fully saturated rings. The van der Waals surface area contributed by atoms with E-state index in [2.05, 4.69) is 10.1 Å². The fourth-order valence-electron chi connectivity index (χ4n) is 2.82. The van der Waals surface area contributed by atoms with Crippen molar-refractivity contribution in [2.45, 2.75) is 26.3 Å². The highest BCUT2D eigenvalue weighted by atomic mass is 35.5. The molecule has 0 spiro atoms. The van der Waals surface area contributed by atoms with Crippen molar-refractivity contribution in [2.24, 2.45) is 0 Å². The van der Waals surface area contributed by atoms with Crippen LogP contribution in [-0.2, 0) is 17.8 Å². The van der Waals surface area contributed by atoms with E-state index in [1.807, 2.05) is 55.5 Å². The van der Waals surface area contributed by atoms with Gasteiger partial charge in [0.15, 0.2) is 0 Å². The zero-order chi connectivity index (χ0) is 19.9. The maximum absolute atomic E-state index is 12.6. The number of hydrogen-bond acceptors (Lipinski definition) is 5. The minimum atomic E-state index is 0.0340. The van der Waals surface area contributed by atoms with E-state index in [0.29, 0.717) is 42.7 Å². The average molecular weight is 400 g/mol. The van der Waals surface area contributed by atoms with Crippen molar-refractivity contribution in [1.29, 1.82) is 0 Å². The summed E-state index contributed by atoms with van der Waals surface area (Å²) in [5.74, 6) is 1.73. The van der Waals surface area contributed by atoms with E-state index >= 15 is 0 Å². The summed E-state index contributed by atoms with van der Waals surface area (Å²) in [5.41, 5.74) is 1.83. The van der Waals surface area contributed by atoms with E-state index < -0.39 is 0 Å². The number of halogens is 1. The predicted molar refractivity (Wildman–Crippen MR) is 107 cm³/mol. The van der Waals surface area contributed by atoms with Crippen LogP contribution in [0.15, 0.2) is 53.1 Å². The number of nitrogens with zero attached hydrogens (tertiary/aromatic N) is 3. The average Bonchev–Trinajstić information content (AvgIpc) is 3.19. The van der Waals surface area contributed by atoms with E-state index in [1.54, 1.807) is 12.0 Å². The van der Waals surface area contributed by atoms with Crippen molar-refractivity contribution < 1.29 is 14.1 Å². The third kappa shape index (κ3) is 5.10. The number of amides is 1. The number of hydrogen-bond donors (Lipinski definition) is 0. The second kappa shape index (κ2) is 9.37. The highest BCUT2D eigenvalue weighted by Gasteiger charge is 2.15. The second-order valence-electron chi connectivity index (χ2n) is 6.28. The number of ether oxygens (including phenoxy) is 1. The molecule has 2 aromatic carbocycles. The fraction of sp³-hybridized carbons (Fsp3) is 0.286. The molecule has 0 unspecified atom stereocenters. The molecule has 0 aliphatic rings. The van der Waals surface area contributed by atoms with Crippen LogP contribution in [0.4, 0.5) is 0 Å². The molecule has 6 nitrogen and oxygen atoms in total. The highest BCUT2D eigenvalue weighted by Crippen LogP contribution is 2.20. The monoisotopic (exact) mass is 399 g/mol. The molecule has 7 heteroatoms. The van der Waals surface area contributed by atoms with Gasteiger partial charge in [-0.1, -0.05) is 28.9 Å². The van der Waals surface area contributed by atoms with Crippen LogP contribution in [0.25, 0.3) is 11.4 Å². The van der Waals surface area contributed by atoms with Gasteiger partial charge in [0.2, 0.25) is 17.6 Å². The smallest absolute Gasteiger partial charge is 0.227 e. The first-order valence-electron chi connectivity index (χ1n) is 9.08. The van der Waals surface area contributed by atoms with Gasteiger partial charge in [0.25, 0.3) is 0 Å². The molecule has 0 atom stereocenters. The molecule has 0 aliphatic carbocycles. The summed E-state index contributed by atoms with van der Waals surface area (Å²) >= 11 is 6.02. The van der Waals surface area contributed by atoms with Crippen molar-refractivity contribution in [3.05, 3.63) is 65.0 Å². The van der Waals surface area contributed by atoms with Crippen LogP contribution >= 0.6 is 11.6 Å². The second-order valence-corrected chi connectivity index (χ2v) is 6.71. The van der Waals surface area contributed by atoms with Crippen LogP contribution in [0.1, 0.15) is 24.8 Å². The van der Waals surface area contributed by atoms with Crippen molar-refractivity contribution in [2.75, 3.05) is 13.7 Å². The number of carbonyl (C=O) groups excluding carboxylic acids is 1. The first-order valence-corrected chi connectivity index (χ1v) is 9.46. The van der Waals surface area contributed by atoms with Crippen LogP contribution in [-0.4, -0.2) is 34.6 Å². The maximum Gasteiger partial charge on any atom is 0.227 e. The SMILES string of the molecule is CCN(Cc1cccc(Cl)c1)C(=O)CCc1nc(-c2ccc(OC)cc2)no1. The lowest BCUT2D eigenvalue weighted by Gasteiger charge is -2.20. The van der Waals surface area contributed by atoms with Crippen LogP contribution < -0.4 is 4.74 Å². The van der Waals surface area contributed by atoms with E-state index in [4.69, 9.17) is 20.9 Å². The minimum absolute atomic E-state index is 0.0340. The Bertz CT molecular complexity index is 925. The standard InChI is InChI=1S/C21H22ClN3O3/c1-3-25(14-15-5-4-6-17(22)13-15)20(26)12-11-19-23-21(24-28-19)16-7-9-18(27-2)10-8-16/h4-10,13H,3,11-12,14H2,1-2H3. The molecule has 0 bridgehead atoms. The Morgan fingerprint density at radius 3 is 2.68 bits per heavy atom.